The van der Waals surface area contributed by atoms with Crippen LogP contribution in [-0.4, -0.2) is 35.3 Å². The van der Waals surface area contributed by atoms with Crippen molar-refractivity contribution in [3.05, 3.63) is 23.3 Å². The number of carbonyl (C=O) groups excluding carboxylic acids is 3. The SMILES string of the molecule is C=C(C)C(=O)OC(CCCCCC)CN1C(=O)C(C)=C(C)C1=O. The van der Waals surface area contributed by atoms with Crippen molar-refractivity contribution >= 4 is 17.8 Å². The van der Waals surface area contributed by atoms with Crippen LogP contribution >= 0.6 is 0 Å². The van der Waals surface area contributed by atoms with Crippen molar-refractivity contribution in [2.75, 3.05) is 6.54 Å². The molecular formula is C18H27NO4. The zero-order valence-electron chi connectivity index (χ0n) is 14.6. The summed E-state index contributed by atoms with van der Waals surface area (Å²) < 4.78 is 5.42. The molecule has 0 aromatic heterocycles. The van der Waals surface area contributed by atoms with E-state index in [4.69, 9.17) is 4.74 Å². The zero-order valence-corrected chi connectivity index (χ0v) is 14.6. The molecule has 0 aliphatic carbocycles. The summed E-state index contributed by atoms with van der Waals surface area (Å²) in [7, 11) is 0. The summed E-state index contributed by atoms with van der Waals surface area (Å²) in [5.41, 5.74) is 1.24. The average Bonchev–Trinajstić information content (AvgIpc) is 2.69. The van der Waals surface area contributed by atoms with Crippen molar-refractivity contribution in [1.29, 1.82) is 0 Å². The summed E-state index contributed by atoms with van der Waals surface area (Å²) in [6, 6.07) is 0. The molecule has 0 bridgehead atoms. The summed E-state index contributed by atoms with van der Waals surface area (Å²) >= 11 is 0. The molecule has 0 spiro atoms. The van der Waals surface area contributed by atoms with Crippen LogP contribution in [0.5, 0.6) is 0 Å². The Bertz CT molecular complexity index is 509. The monoisotopic (exact) mass is 321 g/mol. The Labute approximate surface area is 138 Å². The van der Waals surface area contributed by atoms with Crippen molar-refractivity contribution in [2.24, 2.45) is 0 Å². The Morgan fingerprint density at radius 1 is 1.13 bits per heavy atom. The lowest BCUT2D eigenvalue weighted by atomic mass is 10.1. The molecule has 0 saturated heterocycles. The van der Waals surface area contributed by atoms with Gasteiger partial charge in [-0.3, -0.25) is 14.5 Å². The molecule has 5 heteroatoms. The molecule has 1 rings (SSSR count). The number of nitrogens with zero attached hydrogens (tertiary/aromatic N) is 1. The van der Waals surface area contributed by atoms with Gasteiger partial charge in [0.2, 0.25) is 0 Å². The van der Waals surface area contributed by atoms with E-state index in [-0.39, 0.29) is 18.4 Å². The fourth-order valence-corrected chi connectivity index (χ4v) is 2.43. The minimum absolute atomic E-state index is 0.109. The van der Waals surface area contributed by atoms with Crippen molar-refractivity contribution in [3.8, 4) is 0 Å². The third-order valence-corrected chi connectivity index (χ3v) is 4.08. The maximum atomic E-state index is 12.1. The Balaban J connectivity index is 2.72. The summed E-state index contributed by atoms with van der Waals surface area (Å²) in [5.74, 6) is -1.07. The van der Waals surface area contributed by atoms with Crippen LogP contribution in [0, 0.1) is 0 Å². The first-order valence-corrected chi connectivity index (χ1v) is 8.19. The summed E-state index contributed by atoms with van der Waals surface area (Å²) in [5, 5.41) is 0. The molecule has 1 aliphatic heterocycles. The molecule has 1 aliphatic rings. The van der Waals surface area contributed by atoms with Gasteiger partial charge in [0.25, 0.3) is 11.8 Å². The number of hydrogen-bond donors (Lipinski definition) is 0. The largest absolute Gasteiger partial charge is 0.457 e. The molecule has 2 amide bonds. The van der Waals surface area contributed by atoms with E-state index >= 15 is 0 Å². The number of imide groups is 1. The number of rotatable bonds is 9. The van der Waals surface area contributed by atoms with E-state index in [0.29, 0.717) is 23.1 Å². The van der Waals surface area contributed by atoms with Gasteiger partial charge in [0, 0.05) is 16.7 Å². The molecule has 5 nitrogen and oxygen atoms in total. The second-order valence-corrected chi connectivity index (χ2v) is 6.13. The minimum atomic E-state index is -0.484. The second-order valence-electron chi connectivity index (χ2n) is 6.13. The van der Waals surface area contributed by atoms with Gasteiger partial charge in [-0.15, -0.1) is 0 Å². The first-order valence-electron chi connectivity index (χ1n) is 8.19. The smallest absolute Gasteiger partial charge is 0.333 e. The van der Waals surface area contributed by atoms with E-state index in [9.17, 15) is 14.4 Å². The Morgan fingerprint density at radius 3 is 2.17 bits per heavy atom. The van der Waals surface area contributed by atoms with E-state index < -0.39 is 12.1 Å². The lowest BCUT2D eigenvalue weighted by Gasteiger charge is -2.23. The number of esters is 1. The molecular weight excluding hydrogens is 294 g/mol. The molecule has 0 aromatic rings. The second kappa shape index (κ2) is 8.65. The van der Waals surface area contributed by atoms with Gasteiger partial charge in [0.1, 0.15) is 6.10 Å². The third-order valence-electron chi connectivity index (χ3n) is 4.08. The van der Waals surface area contributed by atoms with E-state index in [2.05, 4.69) is 13.5 Å². The van der Waals surface area contributed by atoms with Gasteiger partial charge < -0.3 is 4.74 Å². The predicted octanol–water partition coefficient (Wildman–Crippen LogP) is 3.15. The highest BCUT2D eigenvalue weighted by atomic mass is 16.5. The lowest BCUT2D eigenvalue weighted by molar-refractivity contribution is -0.150. The predicted molar refractivity (Wildman–Crippen MR) is 88.5 cm³/mol. The number of amides is 2. The molecule has 0 aromatic carbocycles. The zero-order chi connectivity index (χ0) is 17.6. The van der Waals surface area contributed by atoms with Crippen LogP contribution in [-0.2, 0) is 19.1 Å². The standard InChI is InChI=1S/C18H27NO4/c1-6-7-8-9-10-15(23-18(22)12(2)3)11-19-16(20)13(4)14(5)17(19)21/h15H,2,6-11H2,1,3-5H3. The summed E-state index contributed by atoms with van der Waals surface area (Å²) in [4.78, 5) is 37.3. The third kappa shape index (κ3) is 5.05. The van der Waals surface area contributed by atoms with Gasteiger partial charge in [-0.05, 0) is 33.6 Å². The molecule has 1 unspecified atom stereocenters. The highest BCUT2D eigenvalue weighted by Crippen LogP contribution is 2.22. The number of carbonyl (C=O) groups is 3. The van der Waals surface area contributed by atoms with Crippen LogP contribution in [0.25, 0.3) is 0 Å². The Kier molecular flexibility index (Phi) is 7.20. The number of ether oxygens (including phenoxy) is 1. The average molecular weight is 321 g/mol. The van der Waals surface area contributed by atoms with Gasteiger partial charge in [-0.25, -0.2) is 4.79 Å². The molecule has 0 N–H and O–H groups in total. The maximum absolute atomic E-state index is 12.1. The van der Waals surface area contributed by atoms with Gasteiger partial charge in [-0.2, -0.15) is 0 Å². The van der Waals surface area contributed by atoms with Crippen LogP contribution in [0.1, 0.15) is 59.8 Å². The van der Waals surface area contributed by atoms with E-state index in [1.807, 2.05) is 0 Å². The van der Waals surface area contributed by atoms with Gasteiger partial charge >= 0.3 is 5.97 Å². The topological polar surface area (TPSA) is 63.7 Å². The molecule has 23 heavy (non-hydrogen) atoms. The van der Waals surface area contributed by atoms with Gasteiger partial charge in [-0.1, -0.05) is 32.8 Å². The lowest BCUT2D eigenvalue weighted by Crippen LogP contribution is -2.40. The van der Waals surface area contributed by atoms with Gasteiger partial charge in [0.15, 0.2) is 0 Å². The highest BCUT2D eigenvalue weighted by molar-refractivity contribution is 6.18. The van der Waals surface area contributed by atoms with Crippen LogP contribution in [0.15, 0.2) is 23.3 Å². The van der Waals surface area contributed by atoms with Crippen LogP contribution in [0.4, 0.5) is 0 Å². The highest BCUT2D eigenvalue weighted by Gasteiger charge is 2.35. The van der Waals surface area contributed by atoms with Crippen molar-refractivity contribution in [1.82, 2.24) is 4.90 Å². The first kappa shape index (κ1) is 19.1. The van der Waals surface area contributed by atoms with Crippen molar-refractivity contribution < 1.29 is 19.1 Å². The molecule has 1 heterocycles. The fraction of sp³-hybridized carbons (Fsp3) is 0.611. The first-order chi connectivity index (χ1) is 10.8. The Morgan fingerprint density at radius 2 is 1.70 bits per heavy atom. The molecule has 128 valence electrons. The minimum Gasteiger partial charge on any atom is -0.457 e. The molecule has 0 saturated carbocycles. The molecule has 1 atom stereocenters. The number of unbranched alkanes of at least 4 members (excludes halogenated alkanes) is 3. The van der Waals surface area contributed by atoms with Crippen LogP contribution < -0.4 is 0 Å². The van der Waals surface area contributed by atoms with E-state index in [0.717, 1.165) is 25.7 Å². The van der Waals surface area contributed by atoms with Crippen LogP contribution in [0.2, 0.25) is 0 Å². The molecule has 0 radical (unpaired) electrons. The summed E-state index contributed by atoms with van der Waals surface area (Å²) in [6.07, 6.45) is 4.31. The van der Waals surface area contributed by atoms with E-state index in [1.165, 1.54) is 4.90 Å². The van der Waals surface area contributed by atoms with Crippen LogP contribution in [0.3, 0.4) is 0 Å². The normalized spacial score (nSPS) is 16.1. The van der Waals surface area contributed by atoms with Crippen molar-refractivity contribution in [3.63, 3.8) is 0 Å². The van der Waals surface area contributed by atoms with Crippen molar-refractivity contribution in [2.45, 2.75) is 65.9 Å². The summed E-state index contributed by atoms with van der Waals surface area (Å²) in [6.45, 7) is 10.7. The van der Waals surface area contributed by atoms with Gasteiger partial charge in [0.05, 0.1) is 6.54 Å². The molecule has 0 fully saturated rings. The quantitative estimate of drug-likeness (QED) is 0.283. The Hall–Kier alpha value is -1.91. The number of hydrogen-bond acceptors (Lipinski definition) is 4. The fourth-order valence-electron chi connectivity index (χ4n) is 2.43. The van der Waals surface area contributed by atoms with E-state index in [1.54, 1.807) is 20.8 Å². The maximum Gasteiger partial charge on any atom is 0.333 e.